The van der Waals surface area contributed by atoms with E-state index in [9.17, 15) is 14.0 Å². The zero-order chi connectivity index (χ0) is 15.7. The molecule has 2 aliphatic rings. The highest BCUT2D eigenvalue weighted by molar-refractivity contribution is 8.00. The van der Waals surface area contributed by atoms with Crippen LogP contribution in [0.2, 0.25) is 0 Å². The van der Waals surface area contributed by atoms with Crippen molar-refractivity contribution in [3.63, 3.8) is 0 Å². The zero-order valence-electron chi connectivity index (χ0n) is 11.9. The molecule has 1 N–H and O–H groups in total. The van der Waals surface area contributed by atoms with Crippen LogP contribution in [-0.4, -0.2) is 58.3 Å². The third-order valence-electron chi connectivity index (χ3n) is 4.03. The summed E-state index contributed by atoms with van der Waals surface area (Å²) >= 11 is 1.65. The van der Waals surface area contributed by atoms with Gasteiger partial charge in [0, 0.05) is 36.3 Å². The predicted octanol–water partition coefficient (Wildman–Crippen LogP) is 2.13. The van der Waals surface area contributed by atoms with Crippen LogP contribution in [0.4, 0.5) is 9.18 Å². The number of carboxylic acids is 1. The van der Waals surface area contributed by atoms with Gasteiger partial charge < -0.3 is 14.9 Å². The molecule has 2 amide bonds. The Morgan fingerprint density at radius 3 is 2.45 bits per heavy atom. The number of aliphatic carboxylic acids is 1. The maximum Gasteiger partial charge on any atom is 0.320 e. The fourth-order valence-corrected chi connectivity index (χ4v) is 3.85. The Balaban J connectivity index is 1.49. The van der Waals surface area contributed by atoms with E-state index in [2.05, 4.69) is 0 Å². The van der Waals surface area contributed by atoms with Gasteiger partial charge in [-0.1, -0.05) is 0 Å². The van der Waals surface area contributed by atoms with Crippen LogP contribution < -0.4 is 0 Å². The highest BCUT2D eigenvalue weighted by Gasteiger charge is 2.39. The van der Waals surface area contributed by atoms with Crippen LogP contribution in [0, 0.1) is 11.7 Å². The molecule has 0 spiro atoms. The molecule has 1 aromatic carbocycles. The van der Waals surface area contributed by atoms with E-state index in [1.54, 1.807) is 33.7 Å². The fraction of sp³-hybridized carbons (Fsp3) is 0.467. The van der Waals surface area contributed by atoms with Crippen LogP contribution in [-0.2, 0) is 4.79 Å². The summed E-state index contributed by atoms with van der Waals surface area (Å²) in [6.45, 7) is 1.95. The van der Waals surface area contributed by atoms with Gasteiger partial charge in [0.15, 0.2) is 0 Å². The molecule has 2 aliphatic heterocycles. The van der Waals surface area contributed by atoms with E-state index >= 15 is 0 Å². The molecule has 0 bridgehead atoms. The average molecular weight is 324 g/mol. The minimum Gasteiger partial charge on any atom is -0.481 e. The van der Waals surface area contributed by atoms with Gasteiger partial charge in [-0.15, -0.1) is 11.8 Å². The number of carbonyl (C=O) groups excluding carboxylic acids is 1. The second kappa shape index (κ2) is 6.16. The number of urea groups is 1. The summed E-state index contributed by atoms with van der Waals surface area (Å²) in [7, 11) is 0. The van der Waals surface area contributed by atoms with Gasteiger partial charge in [0.25, 0.3) is 0 Å². The van der Waals surface area contributed by atoms with Crippen LogP contribution in [0.25, 0.3) is 0 Å². The monoisotopic (exact) mass is 324 g/mol. The molecule has 1 aromatic rings. The first-order chi connectivity index (χ1) is 10.5. The Morgan fingerprint density at radius 2 is 1.82 bits per heavy atom. The molecule has 2 fully saturated rings. The van der Waals surface area contributed by atoms with E-state index in [1.165, 1.54) is 12.1 Å². The number of thioether (sulfide) groups is 1. The molecular weight excluding hydrogens is 307 g/mol. The molecule has 5 nitrogen and oxygen atoms in total. The summed E-state index contributed by atoms with van der Waals surface area (Å²) in [5.74, 6) is -1.51. The number of likely N-dealkylation sites (tertiary alicyclic amines) is 2. The lowest BCUT2D eigenvalue weighted by atomic mass is 10.0. The second-order valence-corrected chi connectivity index (χ2v) is 7.02. The molecule has 0 saturated carbocycles. The summed E-state index contributed by atoms with van der Waals surface area (Å²) < 4.78 is 12.9. The summed E-state index contributed by atoms with van der Waals surface area (Å²) in [6, 6.07) is 6.30. The third kappa shape index (κ3) is 3.19. The molecular formula is C15H17FN2O3S. The number of carbonyl (C=O) groups is 2. The number of nitrogens with zero attached hydrogens (tertiary/aromatic N) is 2. The Labute approximate surface area is 132 Å². The SMILES string of the molecule is O=C(O)C1CN(C(=O)N2CCC(Sc3ccc(F)cc3)C2)C1. The predicted molar refractivity (Wildman–Crippen MR) is 80.3 cm³/mol. The topological polar surface area (TPSA) is 60.9 Å². The third-order valence-corrected chi connectivity index (χ3v) is 5.30. The summed E-state index contributed by atoms with van der Waals surface area (Å²) in [5.41, 5.74) is 0. The smallest absolute Gasteiger partial charge is 0.320 e. The number of hydrogen-bond donors (Lipinski definition) is 1. The number of carboxylic acid groups (broad SMARTS) is 1. The van der Waals surface area contributed by atoms with Crippen molar-refractivity contribution in [2.45, 2.75) is 16.6 Å². The van der Waals surface area contributed by atoms with Gasteiger partial charge in [-0.25, -0.2) is 9.18 Å². The molecule has 0 aromatic heterocycles. The van der Waals surface area contributed by atoms with Crippen molar-refractivity contribution in [2.75, 3.05) is 26.2 Å². The van der Waals surface area contributed by atoms with Crippen LogP contribution in [0.5, 0.6) is 0 Å². The minimum atomic E-state index is -0.838. The van der Waals surface area contributed by atoms with Crippen LogP contribution in [0.1, 0.15) is 6.42 Å². The molecule has 7 heteroatoms. The Morgan fingerprint density at radius 1 is 1.14 bits per heavy atom. The fourth-order valence-electron chi connectivity index (χ4n) is 2.69. The van der Waals surface area contributed by atoms with Gasteiger partial charge in [0.2, 0.25) is 0 Å². The van der Waals surface area contributed by atoms with Crippen LogP contribution >= 0.6 is 11.8 Å². The van der Waals surface area contributed by atoms with Crippen molar-refractivity contribution in [2.24, 2.45) is 5.92 Å². The van der Waals surface area contributed by atoms with E-state index in [0.717, 1.165) is 11.3 Å². The Bertz CT molecular complexity index is 575. The molecule has 0 aliphatic carbocycles. The van der Waals surface area contributed by atoms with Crippen LogP contribution in [0.15, 0.2) is 29.2 Å². The lowest BCUT2D eigenvalue weighted by Gasteiger charge is -2.38. The molecule has 118 valence electrons. The van der Waals surface area contributed by atoms with Crippen LogP contribution in [0.3, 0.4) is 0 Å². The van der Waals surface area contributed by atoms with Crippen molar-refractivity contribution in [1.82, 2.24) is 9.80 Å². The van der Waals surface area contributed by atoms with Gasteiger partial charge in [-0.05, 0) is 30.7 Å². The number of amides is 2. The first kappa shape index (κ1) is 15.1. The first-order valence-electron chi connectivity index (χ1n) is 7.22. The average Bonchev–Trinajstić information content (AvgIpc) is 2.87. The second-order valence-electron chi connectivity index (χ2n) is 5.65. The molecule has 0 radical (unpaired) electrons. The molecule has 1 atom stereocenters. The number of rotatable bonds is 3. The van der Waals surface area contributed by atoms with Crippen molar-refractivity contribution < 1.29 is 19.1 Å². The van der Waals surface area contributed by atoms with Crippen molar-refractivity contribution in [1.29, 1.82) is 0 Å². The largest absolute Gasteiger partial charge is 0.481 e. The molecule has 2 saturated heterocycles. The van der Waals surface area contributed by atoms with Crippen molar-refractivity contribution in [3.05, 3.63) is 30.1 Å². The maximum absolute atomic E-state index is 12.9. The normalized spacial score (nSPS) is 21.8. The maximum atomic E-state index is 12.9. The highest BCUT2D eigenvalue weighted by Crippen LogP contribution is 2.31. The summed E-state index contributed by atoms with van der Waals surface area (Å²) in [5, 5.41) is 9.14. The Hall–Kier alpha value is -1.76. The van der Waals surface area contributed by atoms with E-state index in [4.69, 9.17) is 5.11 Å². The molecule has 1 unspecified atom stereocenters. The van der Waals surface area contributed by atoms with E-state index in [0.29, 0.717) is 31.4 Å². The van der Waals surface area contributed by atoms with Gasteiger partial charge in [-0.3, -0.25) is 4.79 Å². The lowest BCUT2D eigenvalue weighted by Crippen LogP contribution is -2.56. The number of benzene rings is 1. The Kier molecular flexibility index (Phi) is 4.24. The summed E-state index contributed by atoms with van der Waals surface area (Å²) in [4.78, 5) is 27.4. The zero-order valence-corrected chi connectivity index (χ0v) is 12.8. The van der Waals surface area contributed by atoms with Crippen molar-refractivity contribution >= 4 is 23.8 Å². The van der Waals surface area contributed by atoms with E-state index in [1.807, 2.05) is 0 Å². The summed E-state index contributed by atoms with van der Waals surface area (Å²) in [6.07, 6.45) is 0.893. The quantitative estimate of drug-likeness (QED) is 0.925. The van der Waals surface area contributed by atoms with Gasteiger partial charge in [0.05, 0.1) is 5.92 Å². The van der Waals surface area contributed by atoms with E-state index in [-0.39, 0.29) is 11.8 Å². The molecule has 3 rings (SSSR count). The van der Waals surface area contributed by atoms with Gasteiger partial charge in [-0.2, -0.15) is 0 Å². The van der Waals surface area contributed by atoms with Gasteiger partial charge in [0.1, 0.15) is 5.82 Å². The molecule has 2 heterocycles. The highest BCUT2D eigenvalue weighted by atomic mass is 32.2. The minimum absolute atomic E-state index is 0.0697. The molecule has 22 heavy (non-hydrogen) atoms. The number of hydrogen-bond acceptors (Lipinski definition) is 3. The van der Waals surface area contributed by atoms with Crippen molar-refractivity contribution in [3.8, 4) is 0 Å². The standard InChI is InChI=1S/C15H17FN2O3S/c16-11-1-3-12(4-2-11)22-13-5-6-17(9-13)15(21)18-7-10(8-18)14(19)20/h1-4,10,13H,5-9H2,(H,19,20). The number of halogens is 1. The lowest BCUT2D eigenvalue weighted by molar-refractivity contribution is -0.146. The van der Waals surface area contributed by atoms with E-state index < -0.39 is 11.9 Å². The van der Waals surface area contributed by atoms with Gasteiger partial charge >= 0.3 is 12.0 Å². The first-order valence-corrected chi connectivity index (χ1v) is 8.10.